The summed E-state index contributed by atoms with van der Waals surface area (Å²) in [7, 11) is 0. The van der Waals surface area contributed by atoms with Gasteiger partial charge in [0.2, 0.25) is 0 Å². The van der Waals surface area contributed by atoms with Gasteiger partial charge in [0.25, 0.3) is 0 Å². The van der Waals surface area contributed by atoms with Gasteiger partial charge in [-0.15, -0.1) is 11.6 Å². The fourth-order valence-electron chi connectivity index (χ4n) is 0.978. The molecule has 66 valence electrons. The third kappa shape index (κ3) is 3.91. The van der Waals surface area contributed by atoms with Crippen LogP contribution in [0.4, 0.5) is 0 Å². The van der Waals surface area contributed by atoms with Gasteiger partial charge >= 0.3 is 0 Å². The molecule has 0 aromatic rings. The molecule has 0 atom stereocenters. The molecule has 1 fully saturated rings. The molecular weight excluding hydrogens is 166 g/mol. The maximum absolute atomic E-state index is 5.45. The first-order valence-corrected chi connectivity index (χ1v) is 4.41. The van der Waals surface area contributed by atoms with E-state index >= 15 is 0 Å². The smallest absolute Gasteiger partial charge is 0.0992 e. The van der Waals surface area contributed by atoms with Gasteiger partial charge in [-0.25, -0.2) is 0 Å². The third-order valence-corrected chi connectivity index (χ3v) is 1.75. The van der Waals surface area contributed by atoms with E-state index in [0.29, 0.717) is 19.2 Å². The highest BCUT2D eigenvalue weighted by atomic mass is 35.5. The van der Waals surface area contributed by atoms with Crippen molar-refractivity contribution < 1.29 is 9.47 Å². The van der Waals surface area contributed by atoms with Gasteiger partial charge in [-0.2, -0.15) is 0 Å². The van der Waals surface area contributed by atoms with E-state index in [1.165, 1.54) is 0 Å². The summed E-state index contributed by atoms with van der Waals surface area (Å²) in [5.74, 6) is 0.574. The Morgan fingerprint density at radius 1 is 1.36 bits per heavy atom. The molecule has 0 bridgehead atoms. The van der Waals surface area contributed by atoms with Gasteiger partial charge in [-0.05, 0) is 0 Å². The maximum atomic E-state index is 5.45. The first-order valence-electron chi connectivity index (χ1n) is 3.87. The van der Waals surface area contributed by atoms with Crippen molar-refractivity contribution in [2.75, 3.05) is 45.5 Å². The Balaban J connectivity index is 1.96. The summed E-state index contributed by atoms with van der Waals surface area (Å²) in [6.07, 6.45) is 0. The fraction of sp³-hybridized carbons (Fsp3) is 1.00. The second-order valence-corrected chi connectivity index (χ2v) is 2.83. The number of morpholine rings is 1. The molecule has 0 unspecified atom stereocenters. The van der Waals surface area contributed by atoms with Crippen LogP contribution in [0, 0.1) is 0 Å². The van der Waals surface area contributed by atoms with Gasteiger partial charge in [-0.3, -0.25) is 4.90 Å². The number of rotatable bonds is 4. The van der Waals surface area contributed by atoms with Crippen molar-refractivity contribution in [2.45, 2.75) is 0 Å². The minimum atomic E-state index is 0.574. The Hall–Kier alpha value is 0.170. The second-order valence-electron chi connectivity index (χ2n) is 2.46. The first kappa shape index (κ1) is 9.26. The molecule has 3 nitrogen and oxygen atoms in total. The summed E-state index contributed by atoms with van der Waals surface area (Å²) < 4.78 is 10.4. The number of halogens is 1. The minimum Gasteiger partial charge on any atom is -0.379 e. The van der Waals surface area contributed by atoms with Crippen LogP contribution in [0.25, 0.3) is 0 Å². The zero-order valence-electron chi connectivity index (χ0n) is 6.59. The zero-order chi connectivity index (χ0) is 7.94. The molecule has 1 aliphatic heterocycles. The standard InChI is InChI=1S/C7H14ClNO2/c8-1-4-11-7-9-2-5-10-6-3-9/h1-7H2. The minimum absolute atomic E-state index is 0.574. The van der Waals surface area contributed by atoms with Gasteiger partial charge < -0.3 is 9.47 Å². The predicted octanol–water partition coefficient (Wildman–Crippen LogP) is 0.531. The molecular formula is C7H14ClNO2. The molecule has 1 aliphatic rings. The largest absolute Gasteiger partial charge is 0.379 e. The summed E-state index contributed by atoms with van der Waals surface area (Å²) in [4.78, 5) is 2.22. The molecule has 0 spiro atoms. The topological polar surface area (TPSA) is 21.7 Å². The molecule has 0 amide bonds. The van der Waals surface area contributed by atoms with Crippen LogP contribution in [0.2, 0.25) is 0 Å². The average molecular weight is 180 g/mol. The molecule has 0 radical (unpaired) electrons. The average Bonchev–Trinajstić information content (AvgIpc) is 2.07. The van der Waals surface area contributed by atoms with Crippen molar-refractivity contribution in [3.8, 4) is 0 Å². The monoisotopic (exact) mass is 179 g/mol. The van der Waals surface area contributed by atoms with Crippen LogP contribution in [0.5, 0.6) is 0 Å². The highest BCUT2D eigenvalue weighted by Gasteiger charge is 2.08. The van der Waals surface area contributed by atoms with Gasteiger partial charge in [0.05, 0.1) is 26.6 Å². The van der Waals surface area contributed by atoms with E-state index in [2.05, 4.69) is 4.90 Å². The fourth-order valence-corrected chi connectivity index (χ4v) is 1.09. The molecule has 11 heavy (non-hydrogen) atoms. The van der Waals surface area contributed by atoms with E-state index in [0.717, 1.165) is 26.3 Å². The lowest BCUT2D eigenvalue weighted by Crippen LogP contribution is -2.37. The summed E-state index contributed by atoms with van der Waals surface area (Å²) in [5.41, 5.74) is 0. The Morgan fingerprint density at radius 3 is 2.73 bits per heavy atom. The lowest BCUT2D eigenvalue weighted by atomic mass is 10.5. The molecule has 0 saturated carbocycles. The van der Waals surface area contributed by atoms with Crippen molar-refractivity contribution in [1.29, 1.82) is 0 Å². The zero-order valence-corrected chi connectivity index (χ0v) is 7.35. The SMILES string of the molecule is ClCCOCN1CCOCC1. The van der Waals surface area contributed by atoms with E-state index in [4.69, 9.17) is 21.1 Å². The Bertz CT molecular complexity index is 96.4. The van der Waals surface area contributed by atoms with Crippen LogP contribution in [0.3, 0.4) is 0 Å². The highest BCUT2D eigenvalue weighted by Crippen LogP contribution is 1.96. The number of nitrogens with zero attached hydrogens (tertiary/aromatic N) is 1. The Kier molecular flexibility index (Phi) is 4.86. The molecule has 0 aromatic carbocycles. The van der Waals surface area contributed by atoms with E-state index in [1.807, 2.05) is 0 Å². The third-order valence-electron chi connectivity index (χ3n) is 1.60. The van der Waals surface area contributed by atoms with Crippen LogP contribution in [-0.4, -0.2) is 50.4 Å². The summed E-state index contributed by atoms with van der Waals surface area (Å²) >= 11 is 5.45. The molecule has 0 aliphatic carbocycles. The van der Waals surface area contributed by atoms with Crippen LogP contribution < -0.4 is 0 Å². The number of hydrogen-bond acceptors (Lipinski definition) is 3. The first-order chi connectivity index (χ1) is 5.43. The van der Waals surface area contributed by atoms with E-state index in [9.17, 15) is 0 Å². The molecule has 4 heteroatoms. The van der Waals surface area contributed by atoms with Gasteiger partial charge in [0, 0.05) is 19.0 Å². The lowest BCUT2D eigenvalue weighted by molar-refractivity contribution is -0.0290. The molecule has 1 saturated heterocycles. The molecule has 0 aromatic heterocycles. The van der Waals surface area contributed by atoms with Crippen molar-refractivity contribution in [3.63, 3.8) is 0 Å². The maximum Gasteiger partial charge on any atom is 0.0992 e. The van der Waals surface area contributed by atoms with Gasteiger partial charge in [0.1, 0.15) is 0 Å². The van der Waals surface area contributed by atoms with E-state index < -0.39 is 0 Å². The number of ether oxygens (including phenoxy) is 2. The summed E-state index contributed by atoms with van der Waals surface area (Å²) in [5, 5.41) is 0. The van der Waals surface area contributed by atoms with Crippen LogP contribution in [-0.2, 0) is 9.47 Å². The van der Waals surface area contributed by atoms with Crippen molar-refractivity contribution in [2.24, 2.45) is 0 Å². The van der Waals surface area contributed by atoms with Gasteiger partial charge in [-0.1, -0.05) is 0 Å². The molecule has 0 N–H and O–H groups in total. The van der Waals surface area contributed by atoms with Crippen LogP contribution in [0.1, 0.15) is 0 Å². The van der Waals surface area contributed by atoms with Crippen molar-refractivity contribution in [1.82, 2.24) is 4.90 Å². The van der Waals surface area contributed by atoms with Gasteiger partial charge in [0.15, 0.2) is 0 Å². The molecule has 1 heterocycles. The van der Waals surface area contributed by atoms with Crippen molar-refractivity contribution >= 4 is 11.6 Å². The van der Waals surface area contributed by atoms with E-state index in [-0.39, 0.29) is 0 Å². The highest BCUT2D eigenvalue weighted by molar-refractivity contribution is 6.17. The lowest BCUT2D eigenvalue weighted by Gasteiger charge is -2.25. The molecule has 1 rings (SSSR count). The number of alkyl halides is 1. The van der Waals surface area contributed by atoms with E-state index in [1.54, 1.807) is 0 Å². The van der Waals surface area contributed by atoms with Crippen LogP contribution in [0.15, 0.2) is 0 Å². The normalized spacial score (nSPS) is 20.5. The number of hydrogen-bond donors (Lipinski definition) is 0. The Morgan fingerprint density at radius 2 is 2.09 bits per heavy atom. The van der Waals surface area contributed by atoms with Crippen molar-refractivity contribution in [3.05, 3.63) is 0 Å². The second kappa shape index (κ2) is 5.77. The predicted molar refractivity (Wildman–Crippen MR) is 43.9 cm³/mol. The Labute approximate surface area is 72.2 Å². The summed E-state index contributed by atoms with van der Waals surface area (Å²) in [6.45, 7) is 4.92. The quantitative estimate of drug-likeness (QED) is 0.464. The summed E-state index contributed by atoms with van der Waals surface area (Å²) in [6, 6.07) is 0. The van der Waals surface area contributed by atoms with Crippen LogP contribution >= 0.6 is 11.6 Å².